The van der Waals surface area contributed by atoms with Crippen LogP contribution in [0.15, 0.2) is 28.7 Å². The van der Waals surface area contributed by atoms with Crippen molar-refractivity contribution in [2.24, 2.45) is 5.73 Å². The monoisotopic (exact) mass is 243 g/mol. The molecule has 13 heavy (non-hydrogen) atoms. The largest absolute Gasteiger partial charge is 0.330 e. The summed E-state index contributed by atoms with van der Waals surface area (Å²) in [7, 11) is 0. The van der Waals surface area contributed by atoms with Gasteiger partial charge in [0.15, 0.2) is 0 Å². The second kappa shape index (κ2) is 5.14. The Morgan fingerprint density at radius 2 is 2.23 bits per heavy atom. The molecule has 1 aromatic carbocycles. The Morgan fingerprint density at radius 3 is 2.85 bits per heavy atom. The Labute approximate surface area is 85.6 Å². The zero-order valence-corrected chi connectivity index (χ0v) is 8.72. The molecule has 0 aromatic heterocycles. The standard InChI is InChI=1S/C10H11BrFN/c11-10-7-9(12)5-4-8(10)3-1-2-6-13/h1,3-5,7H,2,6,13H2. The van der Waals surface area contributed by atoms with E-state index in [0.717, 1.165) is 16.5 Å². The van der Waals surface area contributed by atoms with Gasteiger partial charge in [-0.1, -0.05) is 34.1 Å². The van der Waals surface area contributed by atoms with E-state index in [2.05, 4.69) is 15.9 Å². The van der Waals surface area contributed by atoms with Crippen LogP contribution in [0.25, 0.3) is 6.08 Å². The molecule has 0 saturated carbocycles. The first-order valence-electron chi connectivity index (χ1n) is 4.05. The fourth-order valence-corrected chi connectivity index (χ4v) is 1.43. The van der Waals surface area contributed by atoms with E-state index in [9.17, 15) is 4.39 Å². The van der Waals surface area contributed by atoms with Gasteiger partial charge in [0.1, 0.15) is 5.82 Å². The molecule has 0 aliphatic heterocycles. The van der Waals surface area contributed by atoms with E-state index in [1.165, 1.54) is 12.1 Å². The minimum Gasteiger partial charge on any atom is -0.330 e. The van der Waals surface area contributed by atoms with Crippen molar-refractivity contribution in [3.05, 3.63) is 40.1 Å². The van der Waals surface area contributed by atoms with Crippen molar-refractivity contribution in [2.75, 3.05) is 6.54 Å². The van der Waals surface area contributed by atoms with Gasteiger partial charge in [-0.05, 0) is 30.7 Å². The van der Waals surface area contributed by atoms with Gasteiger partial charge in [0.25, 0.3) is 0 Å². The smallest absolute Gasteiger partial charge is 0.124 e. The van der Waals surface area contributed by atoms with E-state index in [1.54, 1.807) is 6.07 Å². The first-order chi connectivity index (χ1) is 6.24. The number of benzene rings is 1. The number of hydrogen-bond donors (Lipinski definition) is 1. The summed E-state index contributed by atoms with van der Waals surface area (Å²) in [4.78, 5) is 0. The molecule has 0 bridgehead atoms. The van der Waals surface area contributed by atoms with Gasteiger partial charge in [-0.3, -0.25) is 0 Å². The van der Waals surface area contributed by atoms with Crippen molar-refractivity contribution >= 4 is 22.0 Å². The lowest BCUT2D eigenvalue weighted by molar-refractivity contribution is 0.627. The van der Waals surface area contributed by atoms with Crippen LogP contribution >= 0.6 is 15.9 Å². The Hall–Kier alpha value is -0.670. The van der Waals surface area contributed by atoms with Crippen molar-refractivity contribution in [1.29, 1.82) is 0 Å². The molecule has 70 valence electrons. The summed E-state index contributed by atoms with van der Waals surface area (Å²) in [5.74, 6) is -0.233. The summed E-state index contributed by atoms with van der Waals surface area (Å²) in [5, 5.41) is 0. The van der Waals surface area contributed by atoms with Gasteiger partial charge in [0.2, 0.25) is 0 Å². The molecule has 0 atom stereocenters. The van der Waals surface area contributed by atoms with Gasteiger partial charge in [0.05, 0.1) is 0 Å². The molecular formula is C10H11BrFN. The summed E-state index contributed by atoms with van der Waals surface area (Å²) in [5.41, 5.74) is 6.30. The first kappa shape index (κ1) is 10.4. The zero-order valence-electron chi connectivity index (χ0n) is 7.13. The third-order valence-corrected chi connectivity index (χ3v) is 2.28. The van der Waals surface area contributed by atoms with Crippen LogP contribution in [-0.4, -0.2) is 6.54 Å². The molecule has 0 amide bonds. The fraction of sp³-hybridized carbons (Fsp3) is 0.200. The van der Waals surface area contributed by atoms with Gasteiger partial charge >= 0.3 is 0 Å². The van der Waals surface area contributed by atoms with Crippen LogP contribution in [0.5, 0.6) is 0 Å². The van der Waals surface area contributed by atoms with Crippen LogP contribution in [0.3, 0.4) is 0 Å². The maximum atomic E-state index is 12.7. The molecule has 0 radical (unpaired) electrons. The number of rotatable bonds is 3. The van der Waals surface area contributed by atoms with Crippen LogP contribution in [0, 0.1) is 5.82 Å². The maximum Gasteiger partial charge on any atom is 0.124 e. The summed E-state index contributed by atoms with van der Waals surface area (Å²) in [6.45, 7) is 0.634. The highest BCUT2D eigenvalue weighted by Crippen LogP contribution is 2.19. The molecule has 0 aliphatic carbocycles. The second-order valence-corrected chi connectivity index (χ2v) is 3.50. The molecule has 0 saturated heterocycles. The van der Waals surface area contributed by atoms with Gasteiger partial charge in [-0.25, -0.2) is 4.39 Å². The predicted octanol–water partition coefficient (Wildman–Crippen LogP) is 2.95. The van der Waals surface area contributed by atoms with E-state index in [0.29, 0.717) is 6.54 Å². The molecule has 2 N–H and O–H groups in total. The van der Waals surface area contributed by atoms with E-state index in [4.69, 9.17) is 5.73 Å². The molecular weight excluding hydrogens is 233 g/mol. The van der Waals surface area contributed by atoms with E-state index < -0.39 is 0 Å². The lowest BCUT2D eigenvalue weighted by Gasteiger charge is -1.97. The SMILES string of the molecule is NCCC=Cc1ccc(F)cc1Br. The molecule has 1 nitrogen and oxygen atoms in total. The topological polar surface area (TPSA) is 26.0 Å². The molecule has 0 unspecified atom stereocenters. The Bertz CT molecular complexity index is 310. The Balaban J connectivity index is 2.77. The van der Waals surface area contributed by atoms with E-state index in [-0.39, 0.29) is 5.82 Å². The highest BCUT2D eigenvalue weighted by Gasteiger charge is 1.96. The first-order valence-corrected chi connectivity index (χ1v) is 4.85. The summed E-state index contributed by atoms with van der Waals surface area (Å²) in [6, 6.07) is 4.61. The Kier molecular flexibility index (Phi) is 4.12. The highest BCUT2D eigenvalue weighted by atomic mass is 79.9. The normalized spacial score (nSPS) is 11.0. The van der Waals surface area contributed by atoms with Crippen LogP contribution in [0.2, 0.25) is 0 Å². The van der Waals surface area contributed by atoms with Gasteiger partial charge in [-0.2, -0.15) is 0 Å². The van der Waals surface area contributed by atoms with Gasteiger partial charge < -0.3 is 5.73 Å². The van der Waals surface area contributed by atoms with Crippen LogP contribution in [0.4, 0.5) is 4.39 Å². The second-order valence-electron chi connectivity index (χ2n) is 2.65. The van der Waals surface area contributed by atoms with Crippen LogP contribution in [-0.2, 0) is 0 Å². The van der Waals surface area contributed by atoms with Crippen molar-refractivity contribution in [1.82, 2.24) is 0 Å². The van der Waals surface area contributed by atoms with Crippen molar-refractivity contribution < 1.29 is 4.39 Å². The molecule has 1 aromatic rings. The molecule has 3 heteroatoms. The summed E-state index contributed by atoms with van der Waals surface area (Å²) < 4.78 is 13.4. The Morgan fingerprint density at radius 1 is 1.46 bits per heavy atom. The van der Waals surface area contributed by atoms with Crippen molar-refractivity contribution in [2.45, 2.75) is 6.42 Å². The lowest BCUT2D eigenvalue weighted by atomic mass is 10.2. The minimum atomic E-state index is -0.233. The third-order valence-electron chi connectivity index (χ3n) is 1.59. The average Bonchev–Trinajstić information content (AvgIpc) is 2.09. The molecule has 1 rings (SSSR count). The lowest BCUT2D eigenvalue weighted by Crippen LogP contribution is -1.94. The predicted molar refractivity (Wildman–Crippen MR) is 56.8 cm³/mol. The number of nitrogens with two attached hydrogens (primary N) is 1. The highest BCUT2D eigenvalue weighted by molar-refractivity contribution is 9.10. The number of halogens is 2. The van der Waals surface area contributed by atoms with E-state index in [1.807, 2.05) is 12.2 Å². The van der Waals surface area contributed by atoms with Gasteiger partial charge in [0, 0.05) is 4.47 Å². The van der Waals surface area contributed by atoms with Crippen LogP contribution < -0.4 is 5.73 Å². The zero-order chi connectivity index (χ0) is 9.68. The quantitative estimate of drug-likeness (QED) is 0.869. The summed E-state index contributed by atoms with van der Waals surface area (Å²) in [6.07, 6.45) is 4.73. The molecule has 0 spiro atoms. The molecule has 0 fully saturated rings. The van der Waals surface area contributed by atoms with Crippen molar-refractivity contribution in [3.8, 4) is 0 Å². The molecule has 0 heterocycles. The average molecular weight is 244 g/mol. The number of hydrogen-bond acceptors (Lipinski definition) is 1. The van der Waals surface area contributed by atoms with Gasteiger partial charge in [-0.15, -0.1) is 0 Å². The minimum absolute atomic E-state index is 0.233. The van der Waals surface area contributed by atoms with E-state index >= 15 is 0 Å². The van der Waals surface area contributed by atoms with Crippen molar-refractivity contribution in [3.63, 3.8) is 0 Å². The fourth-order valence-electron chi connectivity index (χ4n) is 0.943. The van der Waals surface area contributed by atoms with Crippen LogP contribution in [0.1, 0.15) is 12.0 Å². The third kappa shape index (κ3) is 3.28. The summed E-state index contributed by atoms with van der Waals surface area (Å²) >= 11 is 3.28. The maximum absolute atomic E-state index is 12.7. The molecule has 0 aliphatic rings.